The molecular formula is C36H39F3N6O8. The second kappa shape index (κ2) is 16.2. The average Bonchev–Trinajstić information content (AvgIpc) is 3.59. The highest BCUT2D eigenvalue weighted by Gasteiger charge is 2.43. The third-order valence-corrected chi connectivity index (χ3v) is 9.39. The Labute approximate surface area is 301 Å². The Bertz CT molecular complexity index is 2050. The minimum absolute atomic E-state index is 0.0235. The van der Waals surface area contributed by atoms with Crippen LogP contribution in [0, 0.1) is 17.7 Å². The van der Waals surface area contributed by atoms with Crippen molar-refractivity contribution < 1.29 is 51.3 Å². The summed E-state index contributed by atoms with van der Waals surface area (Å²) in [7, 11) is 2.79. The highest BCUT2D eigenvalue weighted by Crippen LogP contribution is 2.34. The molecule has 2 aromatic heterocycles. The number of primary amides is 2. The van der Waals surface area contributed by atoms with E-state index in [1.54, 1.807) is 25.1 Å². The van der Waals surface area contributed by atoms with Gasteiger partial charge in [0.1, 0.15) is 30.5 Å². The van der Waals surface area contributed by atoms with Crippen LogP contribution >= 0.6 is 0 Å². The molecule has 53 heavy (non-hydrogen) atoms. The molecule has 0 unspecified atom stereocenters. The summed E-state index contributed by atoms with van der Waals surface area (Å²) in [6.45, 7) is 3.68. The van der Waals surface area contributed by atoms with Crippen molar-refractivity contribution in [2.45, 2.75) is 51.1 Å². The van der Waals surface area contributed by atoms with E-state index >= 15 is 0 Å². The number of carbonyl (C=O) groups is 4. The number of benzene rings is 2. The standard InChI is InChI=1S/C18H19F2N3O4.C18H20FN3O4/c1-3-8-13(23-17(25)15(8)20)7-27-18-10-5-14(26-2)11(16(21)24)4-9(10)12(19)6-22-18;1-3-10-13(22-17(24)15(10)19)8-26-18-11-7-14(25-2)12(16(20)23)6-9(11)4-5-21-18/h4-6,8,13,15H,3,7H2,1-2H3,(H2,21,24)(H,23,25);4-7,10,13,15H,3,8H2,1-2H3,(H2,20,23)(H,22,24)/t8-,13+,15-;10-,13+,15-/m00/s1. The normalized spacial score (nSPS) is 22.1. The summed E-state index contributed by atoms with van der Waals surface area (Å²) in [6.07, 6.45) is 0.370. The summed E-state index contributed by atoms with van der Waals surface area (Å²) in [5.74, 6) is -3.40. The van der Waals surface area contributed by atoms with E-state index in [4.69, 9.17) is 30.4 Å². The van der Waals surface area contributed by atoms with Gasteiger partial charge in [0, 0.05) is 28.8 Å². The number of ether oxygens (including phenoxy) is 4. The van der Waals surface area contributed by atoms with Crippen molar-refractivity contribution in [1.29, 1.82) is 0 Å². The number of rotatable bonds is 12. The molecule has 0 saturated carbocycles. The van der Waals surface area contributed by atoms with Gasteiger partial charge in [0.15, 0.2) is 12.3 Å². The Morgan fingerprint density at radius 3 is 1.74 bits per heavy atom. The maximum Gasteiger partial charge on any atom is 0.255 e. The van der Waals surface area contributed by atoms with Crippen LogP contribution in [0.1, 0.15) is 47.4 Å². The summed E-state index contributed by atoms with van der Waals surface area (Å²) < 4.78 is 63.7. The SMILES string of the molecule is CC[C@@H]1[C@H](F)C(=O)N[C@@H]1COc1ncc(F)c2cc(C(N)=O)c(OC)cc12.CC[C@@H]1[C@H](F)C(=O)N[C@@H]1COc1nccc2cc(C(N)=O)c(OC)cc12. The largest absolute Gasteiger partial charge is 0.496 e. The fourth-order valence-electron chi connectivity index (χ4n) is 6.52. The van der Waals surface area contributed by atoms with Gasteiger partial charge in [0.05, 0.1) is 49.0 Å². The van der Waals surface area contributed by atoms with Crippen molar-refractivity contribution in [2.75, 3.05) is 27.4 Å². The summed E-state index contributed by atoms with van der Waals surface area (Å²) >= 11 is 0. The first-order valence-electron chi connectivity index (χ1n) is 16.7. The van der Waals surface area contributed by atoms with Gasteiger partial charge in [0.25, 0.3) is 23.6 Å². The van der Waals surface area contributed by atoms with E-state index in [0.29, 0.717) is 35.2 Å². The third-order valence-electron chi connectivity index (χ3n) is 9.39. The van der Waals surface area contributed by atoms with Crippen molar-refractivity contribution in [3.8, 4) is 23.3 Å². The number of hydrogen-bond acceptors (Lipinski definition) is 10. The molecule has 0 radical (unpaired) electrons. The summed E-state index contributed by atoms with van der Waals surface area (Å²) in [5.41, 5.74) is 11.0. The first-order chi connectivity index (χ1) is 25.3. The monoisotopic (exact) mass is 740 g/mol. The molecule has 2 aromatic carbocycles. The number of amides is 4. The number of hydrogen-bond donors (Lipinski definition) is 4. The fourth-order valence-corrected chi connectivity index (χ4v) is 6.52. The minimum atomic E-state index is -1.58. The van der Waals surface area contributed by atoms with Gasteiger partial charge >= 0.3 is 0 Å². The van der Waals surface area contributed by atoms with Gasteiger partial charge in [0.2, 0.25) is 11.8 Å². The lowest BCUT2D eigenvalue weighted by Gasteiger charge is -2.19. The number of nitrogens with zero attached hydrogens (tertiary/aromatic N) is 2. The molecule has 14 nitrogen and oxygen atoms in total. The van der Waals surface area contributed by atoms with E-state index in [9.17, 15) is 32.3 Å². The predicted octanol–water partition coefficient (Wildman–Crippen LogP) is 3.31. The van der Waals surface area contributed by atoms with Crippen LogP contribution in [0.5, 0.6) is 23.3 Å². The molecule has 4 heterocycles. The van der Waals surface area contributed by atoms with Gasteiger partial charge in [-0.25, -0.2) is 23.1 Å². The first kappa shape index (κ1) is 38.4. The number of carbonyl (C=O) groups excluding carboxylic acids is 4. The molecule has 2 aliphatic rings. The maximum absolute atomic E-state index is 14.2. The molecular weight excluding hydrogens is 701 g/mol. The number of halogens is 3. The van der Waals surface area contributed by atoms with Gasteiger partial charge in [-0.2, -0.15) is 0 Å². The summed E-state index contributed by atoms with van der Waals surface area (Å²) in [5, 5.41) is 6.86. The second-order valence-electron chi connectivity index (χ2n) is 12.4. The van der Waals surface area contributed by atoms with Crippen LogP contribution in [0.3, 0.4) is 0 Å². The van der Waals surface area contributed by atoms with E-state index in [1.807, 2.05) is 6.92 Å². The quantitative estimate of drug-likeness (QED) is 0.167. The molecule has 4 amide bonds. The maximum atomic E-state index is 14.2. The molecule has 6 rings (SSSR count). The molecule has 2 aliphatic heterocycles. The Balaban J connectivity index is 0.000000204. The minimum Gasteiger partial charge on any atom is -0.496 e. The number of methoxy groups -OCH3 is 2. The van der Waals surface area contributed by atoms with Crippen LogP contribution < -0.4 is 41.0 Å². The molecule has 17 heteroatoms. The van der Waals surface area contributed by atoms with Crippen LogP contribution in [0.15, 0.2) is 42.7 Å². The lowest BCUT2D eigenvalue weighted by atomic mass is 9.97. The number of aromatic nitrogens is 2. The molecule has 282 valence electrons. The van der Waals surface area contributed by atoms with Crippen LogP contribution in [-0.2, 0) is 9.59 Å². The average molecular weight is 741 g/mol. The topological polar surface area (TPSA) is 207 Å². The summed E-state index contributed by atoms with van der Waals surface area (Å²) in [6, 6.07) is 6.68. The van der Waals surface area contributed by atoms with E-state index < -0.39 is 65.7 Å². The van der Waals surface area contributed by atoms with Gasteiger partial charge in [-0.15, -0.1) is 0 Å². The smallest absolute Gasteiger partial charge is 0.255 e. The van der Waals surface area contributed by atoms with Crippen LogP contribution in [0.2, 0.25) is 0 Å². The van der Waals surface area contributed by atoms with Gasteiger partial charge < -0.3 is 41.0 Å². The zero-order valence-corrected chi connectivity index (χ0v) is 29.3. The molecule has 6 atom stereocenters. The van der Waals surface area contributed by atoms with E-state index in [-0.39, 0.29) is 46.7 Å². The van der Waals surface area contributed by atoms with Crippen LogP contribution in [0.4, 0.5) is 13.2 Å². The van der Waals surface area contributed by atoms with Crippen molar-refractivity contribution in [1.82, 2.24) is 20.6 Å². The number of fused-ring (bicyclic) bond motifs is 2. The number of pyridine rings is 2. The van der Waals surface area contributed by atoms with Gasteiger partial charge in [-0.05, 0) is 48.6 Å². The molecule has 4 aromatic rings. The lowest BCUT2D eigenvalue weighted by molar-refractivity contribution is -0.124. The van der Waals surface area contributed by atoms with Gasteiger partial charge in [-0.1, -0.05) is 13.8 Å². The van der Waals surface area contributed by atoms with Gasteiger partial charge in [-0.3, -0.25) is 19.2 Å². The van der Waals surface area contributed by atoms with Crippen molar-refractivity contribution >= 4 is 45.2 Å². The molecule has 6 N–H and O–H groups in total. The fraction of sp³-hybridized carbons (Fsp3) is 0.389. The van der Waals surface area contributed by atoms with Crippen LogP contribution in [0.25, 0.3) is 21.5 Å². The first-order valence-corrected chi connectivity index (χ1v) is 16.7. The second-order valence-corrected chi connectivity index (χ2v) is 12.4. The van der Waals surface area contributed by atoms with E-state index in [1.165, 1.54) is 32.5 Å². The predicted molar refractivity (Wildman–Crippen MR) is 186 cm³/mol. The molecule has 2 fully saturated rings. The highest BCUT2D eigenvalue weighted by molar-refractivity contribution is 6.02. The number of nitrogens with two attached hydrogens (primary N) is 2. The van der Waals surface area contributed by atoms with Crippen LogP contribution in [-0.4, -0.2) is 85.5 Å². The Kier molecular flexibility index (Phi) is 11.7. The summed E-state index contributed by atoms with van der Waals surface area (Å²) in [4.78, 5) is 54.3. The Morgan fingerprint density at radius 2 is 1.25 bits per heavy atom. The zero-order chi connectivity index (χ0) is 38.6. The number of nitrogens with one attached hydrogen (secondary N) is 2. The molecule has 0 bridgehead atoms. The van der Waals surface area contributed by atoms with Crippen molar-refractivity contribution in [3.63, 3.8) is 0 Å². The molecule has 2 saturated heterocycles. The Morgan fingerprint density at radius 1 is 0.755 bits per heavy atom. The molecule has 0 spiro atoms. The van der Waals surface area contributed by atoms with E-state index in [0.717, 1.165) is 6.20 Å². The lowest BCUT2D eigenvalue weighted by Crippen LogP contribution is -2.34. The van der Waals surface area contributed by atoms with Crippen molar-refractivity contribution in [2.24, 2.45) is 23.3 Å². The third kappa shape index (κ3) is 7.83. The van der Waals surface area contributed by atoms with Crippen molar-refractivity contribution in [3.05, 3.63) is 59.7 Å². The zero-order valence-electron chi connectivity index (χ0n) is 29.3. The van der Waals surface area contributed by atoms with E-state index in [2.05, 4.69) is 20.6 Å². The Hall–Kier alpha value is -5.87. The highest BCUT2D eigenvalue weighted by atomic mass is 19.1. The number of alkyl halides is 2. The molecule has 0 aliphatic carbocycles.